The summed E-state index contributed by atoms with van der Waals surface area (Å²) in [5.74, 6) is 0. The van der Waals surface area contributed by atoms with E-state index in [4.69, 9.17) is 16.7 Å². The minimum absolute atomic E-state index is 0.670. The minimum atomic E-state index is 0.670. The van der Waals surface area contributed by atoms with Gasteiger partial charge in [0.05, 0.1) is 16.7 Å². The Kier molecular flexibility index (Phi) is 5.86. The molecule has 0 unspecified atom stereocenters. The quantitative estimate of drug-likeness (QED) is 0.291. The largest absolute Gasteiger partial charge is 0.259 e. The van der Waals surface area contributed by atoms with E-state index in [0.29, 0.717) is 6.54 Å². The predicted molar refractivity (Wildman–Crippen MR) is 130 cm³/mol. The van der Waals surface area contributed by atoms with E-state index in [1.54, 1.807) is 0 Å². The van der Waals surface area contributed by atoms with E-state index >= 15 is 0 Å². The zero-order valence-corrected chi connectivity index (χ0v) is 20.0. The van der Waals surface area contributed by atoms with E-state index in [1.807, 2.05) is 12.1 Å². The first-order valence-electron chi connectivity index (χ1n) is 9.99. The fourth-order valence-electron chi connectivity index (χ4n) is 3.55. The van der Waals surface area contributed by atoms with Crippen LogP contribution in [0.4, 0.5) is 0 Å². The second-order valence-electron chi connectivity index (χ2n) is 7.89. The van der Waals surface area contributed by atoms with Gasteiger partial charge in [-0.1, -0.05) is 48.0 Å². The number of hydrogen-bond donors (Lipinski definition) is 0. The van der Waals surface area contributed by atoms with Gasteiger partial charge in [-0.3, -0.25) is 4.68 Å². The highest BCUT2D eigenvalue weighted by Crippen LogP contribution is 2.38. The molecule has 3 aromatic carbocycles. The number of hydrogen-bond acceptors (Lipinski definition) is 1. The van der Waals surface area contributed by atoms with E-state index in [0.717, 1.165) is 37.6 Å². The Hall–Kier alpha value is -2.36. The van der Waals surface area contributed by atoms with Crippen LogP contribution in [-0.4, -0.2) is 9.78 Å². The van der Waals surface area contributed by atoms with Gasteiger partial charge in [-0.25, -0.2) is 0 Å². The SMILES string of the molecule is Cc1ccc(-c2nn(Cc3ccc(Cl)cc3)c(-c3ccc(C)c(C)c3)c2Br)cc1C. The van der Waals surface area contributed by atoms with Gasteiger partial charge in [-0.2, -0.15) is 5.10 Å². The van der Waals surface area contributed by atoms with Crippen LogP contribution in [0.2, 0.25) is 5.02 Å². The number of halogens is 2. The normalized spacial score (nSPS) is 11.1. The molecule has 4 aromatic rings. The molecule has 0 saturated heterocycles. The number of benzene rings is 3. The van der Waals surface area contributed by atoms with Crippen LogP contribution in [0.15, 0.2) is 65.1 Å². The molecule has 1 aromatic heterocycles. The Labute approximate surface area is 191 Å². The first-order chi connectivity index (χ1) is 14.3. The first-order valence-corrected chi connectivity index (χ1v) is 11.2. The van der Waals surface area contributed by atoms with Crippen LogP contribution in [-0.2, 0) is 6.54 Å². The maximum absolute atomic E-state index is 6.08. The van der Waals surface area contributed by atoms with Crippen LogP contribution in [0.25, 0.3) is 22.5 Å². The summed E-state index contributed by atoms with van der Waals surface area (Å²) in [5, 5.41) is 5.78. The number of nitrogens with zero attached hydrogens (tertiary/aromatic N) is 2. The Morgan fingerprint density at radius 3 is 1.93 bits per heavy atom. The summed E-state index contributed by atoms with van der Waals surface area (Å²) in [7, 11) is 0. The molecule has 0 radical (unpaired) electrons. The molecule has 0 bridgehead atoms. The zero-order valence-electron chi connectivity index (χ0n) is 17.6. The lowest BCUT2D eigenvalue weighted by Crippen LogP contribution is -2.04. The van der Waals surface area contributed by atoms with Crippen molar-refractivity contribution in [2.24, 2.45) is 0 Å². The average molecular weight is 480 g/mol. The lowest BCUT2D eigenvalue weighted by Gasteiger charge is -2.10. The summed E-state index contributed by atoms with van der Waals surface area (Å²) >= 11 is 9.96. The second kappa shape index (κ2) is 8.41. The predicted octanol–water partition coefficient (Wildman–Crippen LogP) is 7.91. The summed E-state index contributed by atoms with van der Waals surface area (Å²) in [5.41, 5.74) is 10.6. The molecule has 2 nitrogen and oxygen atoms in total. The standard InChI is InChI=1S/C26H24BrClN2/c1-16-5-9-21(13-18(16)3)25-24(27)26(22-10-6-17(2)19(4)14-22)30(29-25)15-20-7-11-23(28)12-8-20/h5-14H,15H2,1-4H3. The third kappa shape index (κ3) is 4.10. The molecule has 0 amide bonds. The molecule has 0 saturated carbocycles. The van der Waals surface area contributed by atoms with Gasteiger partial charge in [0.15, 0.2) is 0 Å². The van der Waals surface area contributed by atoms with Crippen LogP contribution in [0.5, 0.6) is 0 Å². The van der Waals surface area contributed by atoms with E-state index < -0.39 is 0 Å². The highest BCUT2D eigenvalue weighted by Gasteiger charge is 2.20. The molecule has 152 valence electrons. The Morgan fingerprint density at radius 1 is 0.767 bits per heavy atom. The van der Waals surface area contributed by atoms with Gasteiger partial charge in [0, 0.05) is 16.1 Å². The molecular weight excluding hydrogens is 456 g/mol. The third-order valence-corrected chi connectivity index (χ3v) is 6.70. The van der Waals surface area contributed by atoms with Crippen molar-refractivity contribution in [3.63, 3.8) is 0 Å². The van der Waals surface area contributed by atoms with Crippen molar-refractivity contribution in [1.29, 1.82) is 0 Å². The lowest BCUT2D eigenvalue weighted by molar-refractivity contribution is 0.696. The van der Waals surface area contributed by atoms with Crippen molar-refractivity contribution in [3.05, 3.63) is 98.0 Å². The third-order valence-electron chi connectivity index (χ3n) is 5.70. The molecule has 0 aliphatic carbocycles. The number of aryl methyl sites for hydroxylation is 4. The fourth-order valence-corrected chi connectivity index (χ4v) is 4.42. The summed E-state index contributed by atoms with van der Waals surface area (Å²) < 4.78 is 3.10. The van der Waals surface area contributed by atoms with Crippen molar-refractivity contribution in [1.82, 2.24) is 9.78 Å². The van der Waals surface area contributed by atoms with Gasteiger partial charge in [-0.05, 0) is 95.7 Å². The zero-order chi connectivity index (χ0) is 21.4. The molecule has 0 atom stereocenters. The summed E-state index contributed by atoms with van der Waals surface area (Å²) in [4.78, 5) is 0. The molecular formula is C26H24BrClN2. The molecule has 4 rings (SSSR count). The van der Waals surface area contributed by atoms with Crippen LogP contribution in [0, 0.1) is 27.7 Å². The number of aromatic nitrogens is 2. The second-order valence-corrected chi connectivity index (χ2v) is 9.12. The molecule has 0 N–H and O–H groups in total. The van der Waals surface area contributed by atoms with Crippen molar-refractivity contribution >= 4 is 27.5 Å². The maximum Gasteiger partial charge on any atom is 0.107 e. The van der Waals surface area contributed by atoms with Crippen molar-refractivity contribution in [2.45, 2.75) is 34.2 Å². The van der Waals surface area contributed by atoms with E-state index in [-0.39, 0.29) is 0 Å². The van der Waals surface area contributed by atoms with Crippen molar-refractivity contribution in [3.8, 4) is 22.5 Å². The summed E-state index contributed by atoms with van der Waals surface area (Å²) in [6.07, 6.45) is 0. The molecule has 1 heterocycles. The van der Waals surface area contributed by atoms with E-state index in [1.165, 1.54) is 22.3 Å². The monoisotopic (exact) mass is 478 g/mol. The van der Waals surface area contributed by atoms with Crippen LogP contribution in [0.3, 0.4) is 0 Å². The topological polar surface area (TPSA) is 17.8 Å². The van der Waals surface area contributed by atoms with Gasteiger partial charge in [0.25, 0.3) is 0 Å². The molecule has 0 aliphatic rings. The van der Waals surface area contributed by atoms with Gasteiger partial charge >= 0.3 is 0 Å². The lowest BCUT2D eigenvalue weighted by atomic mass is 10.0. The molecule has 0 spiro atoms. The number of rotatable bonds is 4. The Morgan fingerprint density at radius 2 is 1.33 bits per heavy atom. The van der Waals surface area contributed by atoms with Gasteiger partial charge < -0.3 is 0 Å². The van der Waals surface area contributed by atoms with Crippen LogP contribution in [0.1, 0.15) is 27.8 Å². The Bertz CT molecular complexity index is 1220. The average Bonchev–Trinajstić information content (AvgIpc) is 3.04. The fraction of sp³-hybridized carbons (Fsp3) is 0.192. The van der Waals surface area contributed by atoms with Crippen LogP contribution < -0.4 is 0 Å². The van der Waals surface area contributed by atoms with E-state index in [2.05, 4.69) is 96.8 Å². The molecule has 0 fully saturated rings. The minimum Gasteiger partial charge on any atom is -0.259 e. The van der Waals surface area contributed by atoms with E-state index in [9.17, 15) is 0 Å². The summed E-state index contributed by atoms with van der Waals surface area (Å²) in [6.45, 7) is 9.23. The Balaban J connectivity index is 1.88. The highest BCUT2D eigenvalue weighted by molar-refractivity contribution is 9.10. The highest BCUT2D eigenvalue weighted by atomic mass is 79.9. The van der Waals surface area contributed by atoms with Crippen molar-refractivity contribution < 1.29 is 0 Å². The smallest absolute Gasteiger partial charge is 0.107 e. The summed E-state index contributed by atoms with van der Waals surface area (Å²) in [6, 6.07) is 21.1. The van der Waals surface area contributed by atoms with Gasteiger partial charge in [0.1, 0.15) is 5.69 Å². The van der Waals surface area contributed by atoms with Gasteiger partial charge in [-0.15, -0.1) is 0 Å². The van der Waals surface area contributed by atoms with Gasteiger partial charge in [0.2, 0.25) is 0 Å². The maximum atomic E-state index is 6.08. The molecule has 4 heteroatoms. The first kappa shape index (κ1) is 20.9. The van der Waals surface area contributed by atoms with Crippen molar-refractivity contribution in [2.75, 3.05) is 0 Å². The molecule has 0 aliphatic heterocycles. The molecule has 30 heavy (non-hydrogen) atoms. The van der Waals surface area contributed by atoms with Crippen LogP contribution >= 0.6 is 27.5 Å².